The summed E-state index contributed by atoms with van der Waals surface area (Å²) in [5.41, 5.74) is 1.11. The molecule has 1 aliphatic rings. The lowest BCUT2D eigenvalue weighted by Gasteiger charge is -2.35. The van der Waals surface area contributed by atoms with Crippen molar-refractivity contribution in [1.29, 1.82) is 0 Å². The number of carbonyl (C=O) groups excluding carboxylic acids is 1. The maximum atomic E-state index is 12.2. The molecule has 2 rings (SSSR count). The number of aromatic nitrogens is 3. The summed E-state index contributed by atoms with van der Waals surface area (Å²) in [5, 5.41) is 17.8. The number of aliphatic hydroxyl groups excluding tert-OH is 1. The Kier molecular flexibility index (Phi) is 3.99. The average molecular weight is 282 g/mol. The molecule has 0 aliphatic carbocycles. The van der Waals surface area contributed by atoms with Crippen LogP contribution in [0.4, 0.5) is 4.79 Å². The lowest BCUT2D eigenvalue weighted by molar-refractivity contribution is 0.00612. The van der Waals surface area contributed by atoms with Gasteiger partial charge in [0.15, 0.2) is 0 Å². The van der Waals surface area contributed by atoms with Crippen LogP contribution in [0.15, 0.2) is 0 Å². The highest BCUT2D eigenvalue weighted by molar-refractivity contribution is 5.69. The molecule has 112 valence electrons. The molecule has 0 radical (unpaired) electrons. The van der Waals surface area contributed by atoms with E-state index in [1.165, 1.54) is 4.90 Å². The number of rotatable bonds is 2. The zero-order chi connectivity index (χ0) is 14.9. The predicted octanol–water partition coefficient (Wildman–Crippen LogP) is 1.12. The number of ether oxygens (including phenoxy) is 1. The lowest BCUT2D eigenvalue weighted by Crippen LogP contribution is -2.44. The second-order valence-corrected chi connectivity index (χ2v) is 5.86. The van der Waals surface area contributed by atoms with E-state index in [1.807, 2.05) is 32.4 Å². The number of aryl methyl sites for hydroxylation is 1. The van der Waals surface area contributed by atoms with Crippen molar-refractivity contribution in [1.82, 2.24) is 19.9 Å². The van der Waals surface area contributed by atoms with E-state index in [2.05, 4.69) is 10.3 Å². The fourth-order valence-corrected chi connectivity index (χ4v) is 2.37. The molecule has 0 saturated heterocycles. The Labute approximate surface area is 118 Å². The predicted molar refractivity (Wildman–Crippen MR) is 72.2 cm³/mol. The van der Waals surface area contributed by atoms with Gasteiger partial charge >= 0.3 is 6.09 Å². The van der Waals surface area contributed by atoms with Gasteiger partial charge in [-0.2, -0.15) is 0 Å². The van der Waals surface area contributed by atoms with Crippen LogP contribution in [0.2, 0.25) is 0 Å². The Morgan fingerprint density at radius 1 is 1.50 bits per heavy atom. The summed E-state index contributed by atoms with van der Waals surface area (Å²) in [6, 6.07) is -0.478. The molecule has 1 N–H and O–H groups in total. The average Bonchev–Trinajstić information content (AvgIpc) is 2.78. The lowest BCUT2D eigenvalue weighted by atomic mass is 10.0. The second-order valence-electron chi connectivity index (χ2n) is 5.86. The molecule has 1 unspecified atom stereocenters. The quantitative estimate of drug-likeness (QED) is 0.879. The number of carbonyl (C=O) groups is 1. The van der Waals surface area contributed by atoms with Gasteiger partial charge in [-0.3, -0.25) is 4.90 Å². The summed E-state index contributed by atoms with van der Waals surface area (Å²) in [6.07, 6.45) is 0.250. The molecular formula is C13H22N4O3. The first-order valence-corrected chi connectivity index (χ1v) is 6.90. The van der Waals surface area contributed by atoms with Crippen molar-refractivity contribution in [2.24, 2.45) is 0 Å². The summed E-state index contributed by atoms with van der Waals surface area (Å²) >= 11 is 0. The van der Waals surface area contributed by atoms with E-state index in [9.17, 15) is 9.90 Å². The Morgan fingerprint density at radius 2 is 2.20 bits per heavy atom. The van der Waals surface area contributed by atoms with Crippen LogP contribution in [0, 0.1) is 0 Å². The maximum Gasteiger partial charge on any atom is 0.410 e. The van der Waals surface area contributed by atoms with Gasteiger partial charge in [-0.05, 0) is 27.7 Å². The van der Waals surface area contributed by atoms with Crippen molar-refractivity contribution < 1.29 is 14.6 Å². The normalized spacial score (nSPS) is 18.9. The first kappa shape index (κ1) is 14.8. The van der Waals surface area contributed by atoms with Crippen LogP contribution in [0.1, 0.15) is 45.1 Å². The molecule has 0 fully saturated rings. The molecule has 1 aromatic rings. The minimum absolute atomic E-state index is 0.186. The van der Waals surface area contributed by atoms with Crippen LogP contribution in [0.25, 0.3) is 0 Å². The first-order chi connectivity index (χ1) is 9.37. The molecule has 0 aromatic carbocycles. The third-order valence-corrected chi connectivity index (χ3v) is 3.25. The summed E-state index contributed by atoms with van der Waals surface area (Å²) in [7, 11) is 0. The van der Waals surface area contributed by atoms with Gasteiger partial charge in [-0.25, -0.2) is 9.48 Å². The number of hydrogen-bond acceptors (Lipinski definition) is 5. The summed E-state index contributed by atoms with van der Waals surface area (Å²) in [5.74, 6) is 0. The largest absolute Gasteiger partial charge is 0.444 e. The Bertz CT molecular complexity index is 492. The number of nitrogens with zero attached hydrogens (tertiary/aromatic N) is 4. The van der Waals surface area contributed by atoms with Crippen molar-refractivity contribution >= 4 is 6.09 Å². The SMILES string of the molecule is CCn1nnc2c1CCN(C(=O)OC(C)(C)C)C2CO. The van der Waals surface area contributed by atoms with Crippen LogP contribution in [-0.2, 0) is 17.7 Å². The van der Waals surface area contributed by atoms with E-state index in [0.29, 0.717) is 18.7 Å². The van der Waals surface area contributed by atoms with Crippen LogP contribution in [-0.4, -0.2) is 49.8 Å². The van der Waals surface area contributed by atoms with E-state index >= 15 is 0 Å². The van der Waals surface area contributed by atoms with Crippen LogP contribution < -0.4 is 0 Å². The van der Waals surface area contributed by atoms with E-state index < -0.39 is 17.7 Å². The highest BCUT2D eigenvalue weighted by Crippen LogP contribution is 2.29. The fraction of sp³-hybridized carbons (Fsp3) is 0.769. The van der Waals surface area contributed by atoms with Gasteiger partial charge in [0.2, 0.25) is 0 Å². The first-order valence-electron chi connectivity index (χ1n) is 6.90. The Balaban J connectivity index is 2.23. The van der Waals surface area contributed by atoms with E-state index in [0.717, 1.165) is 12.2 Å². The molecule has 0 spiro atoms. The summed E-state index contributed by atoms with van der Waals surface area (Å²) < 4.78 is 7.19. The molecular weight excluding hydrogens is 260 g/mol. The third kappa shape index (κ3) is 2.77. The van der Waals surface area contributed by atoms with Crippen molar-refractivity contribution in [2.45, 2.75) is 52.3 Å². The Morgan fingerprint density at radius 3 is 2.75 bits per heavy atom. The highest BCUT2D eigenvalue weighted by Gasteiger charge is 2.36. The zero-order valence-electron chi connectivity index (χ0n) is 12.5. The molecule has 2 heterocycles. The van der Waals surface area contributed by atoms with Gasteiger partial charge in [0.1, 0.15) is 17.3 Å². The molecule has 1 amide bonds. The molecule has 0 saturated carbocycles. The number of aliphatic hydroxyl groups is 1. The fourth-order valence-electron chi connectivity index (χ4n) is 2.37. The van der Waals surface area contributed by atoms with Gasteiger partial charge in [-0.1, -0.05) is 5.21 Å². The van der Waals surface area contributed by atoms with E-state index in [1.54, 1.807) is 0 Å². The summed E-state index contributed by atoms with van der Waals surface area (Å²) in [4.78, 5) is 13.7. The van der Waals surface area contributed by atoms with Gasteiger partial charge in [0.25, 0.3) is 0 Å². The minimum Gasteiger partial charge on any atom is -0.444 e. The van der Waals surface area contributed by atoms with Gasteiger partial charge in [0, 0.05) is 19.5 Å². The van der Waals surface area contributed by atoms with E-state index in [-0.39, 0.29) is 6.61 Å². The van der Waals surface area contributed by atoms with Crippen LogP contribution in [0.5, 0.6) is 0 Å². The molecule has 1 aromatic heterocycles. The smallest absolute Gasteiger partial charge is 0.410 e. The minimum atomic E-state index is -0.557. The Hall–Kier alpha value is -1.63. The topological polar surface area (TPSA) is 80.5 Å². The summed E-state index contributed by atoms with van der Waals surface area (Å²) in [6.45, 7) is 8.50. The van der Waals surface area contributed by atoms with Crippen molar-refractivity contribution in [3.63, 3.8) is 0 Å². The maximum absolute atomic E-state index is 12.2. The molecule has 1 aliphatic heterocycles. The number of hydrogen-bond donors (Lipinski definition) is 1. The molecule has 7 nitrogen and oxygen atoms in total. The number of fused-ring (bicyclic) bond motifs is 1. The van der Waals surface area contributed by atoms with Crippen molar-refractivity contribution in [3.8, 4) is 0 Å². The van der Waals surface area contributed by atoms with Crippen molar-refractivity contribution in [2.75, 3.05) is 13.2 Å². The third-order valence-electron chi connectivity index (χ3n) is 3.25. The van der Waals surface area contributed by atoms with Crippen molar-refractivity contribution in [3.05, 3.63) is 11.4 Å². The number of amides is 1. The second kappa shape index (κ2) is 5.40. The van der Waals surface area contributed by atoms with Gasteiger partial charge < -0.3 is 9.84 Å². The molecule has 7 heteroatoms. The molecule has 20 heavy (non-hydrogen) atoms. The van der Waals surface area contributed by atoms with E-state index in [4.69, 9.17) is 4.74 Å². The molecule has 0 bridgehead atoms. The molecule has 1 atom stereocenters. The zero-order valence-corrected chi connectivity index (χ0v) is 12.5. The highest BCUT2D eigenvalue weighted by atomic mass is 16.6. The van der Waals surface area contributed by atoms with Gasteiger partial charge in [0.05, 0.1) is 12.3 Å². The van der Waals surface area contributed by atoms with Crippen LogP contribution >= 0.6 is 0 Å². The monoisotopic (exact) mass is 282 g/mol. The standard InChI is InChI=1S/C13H22N4O3/c1-5-17-9-6-7-16(12(19)20-13(2,3)4)10(8-18)11(9)14-15-17/h10,18H,5-8H2,1-4H3. The van der Waals surface area contributed by atoms with Crippen LogP contribution in [0.3, 0.4) is 0 Å². The van der Waals surface area contributed by atoms with Gasteiger partial charge in [-0.15, -0.1) is 5.10 Å².